The van der Waals surface area contributed by atoms with Crippen molar-refractivity contribution in [1.29, 1.82) is 0 Å². The number of carbonyl (C=O) groups excluding carboxylic acids is 3. The topological polar surface area (TPSA) is 89.0 Å². The number of aromatic nitrogens is 1. The van der Waals surface area contributed by atoms with Gasteiger partial charge >= 0.3 is 12.1 Å². The zero-order chi connectivity index (χ0) is 24.2. The Hall–Kier alpha value is -3.01. The van der Waals surface area contributed by atoms with E-state index in [2.05, 4.69) is 4.98 Å². The van der Waals surface area contributed by atoms with Crippen LogP contribution >= 0.6 is 11.3 Å². The Morgan fingerprint density at radius 3 is 2.67 bits per heavy atom. The molecule has 0 saturated carbocycles. The van der Waals surface area contributed by atoms with Gasteiger partial charge in [0.25, 0.3) is 0 Å². The summed E-state index contributed by atoms with van der Waals surface area (Å²) in [5, 5.41) is 1.94. The van der Waals surface area contributed by atoms with E-state index in [4.69, 9.17) is 9.47 Å². The molecule has 178 valence electrons. The third kappa shape index (κ3) is 6.50. The summed E-state index contributed by atoms with van der Waals surface area (Å²) in [6.45, 7) is 7.40. The van der Waals surface area contributed by atoms with Crippen molar-refractivity contribution in [2.24, 2.45) is 5.92 Å². The molecule has 2 aromatic rings. The van der Waals surface area contributed by atoms with E-state index in [0.717, 1.165) is 11.3 Å². The number of halogens is 1. The number of amides is 2. The van der Waals surface area contributed by atoms with Crippen LogP contribution in [0.2, 0.25) is 0 Å². The van der Waals surface area contributed by atoms with Gasteiger partial charge < -0.3 is 14.4 Å². The monoisotopic (exact) mass is 477 g/mol. The second-order valence-electron chi connectivity index (χ2n) is 8.80. The van der Waals surface area contributed by atoms with Crippen LogP contribution in [-0.4, -0.2) is 46.5 Å². The molecule has 8 nitrogen and oxygen atoms in total. The van der Waals surface area contributed by atoms with E-state index >= 15 is 0 Å². The van der Waals surface area contributed by atoms with Gasteiger partial charge in [-0.25, -0.2) is 14.2 Å². The van der Waals surface area contributed by atoms with Crippen molar-refractivity contribution in [3.63, 3.8) is 0 Å². The molecular formula is C23H28FN3O5S. The Balaban J connectivity index is 1.60. The quantitative estimate of drug-likeness (QED) is 0.582. The van der Waals surface area contributed by atoms with Crippen molar-refractivity contribution in [2.45, 2.75) is 52.7 Å². The minimum atomic E-state index is -0.608. The highest BCUT2D eigenvalue weighted by Crippen LogP contribution is 2.31. The van der Waals surface area contributed by atoms with E-state index in [-0.39, 0.29) is 29.9 Å². The molecule has 0 aliphatic carbocycles. The summed E-state index contributed by atoms with van der Waals surface area (Å²) in [5.41, 5.74) is -0.0541. The second-order valence-corrected chi connectivity index (χ2v) is 9.64. The Labute approximate surface area is 196 Å². The van der Waals surface area contributed by atoms with Crippen LogP contribution in [0.15, 0.2) is 29.6 Å². The summed E-state index contributed by atoms with van der Waals surface area (Å²) < 4.78 is 25.0. The second kappa shape index (κ2) is 10.3. The molecule has 0 N–H and O–H groups in total. The molecule has 1 aromatic carbocycles. The first-order chi connectivity index (χ1) is 15.5. The molecule has 2 heterocycles. The van der Waals surface area contributed by atoms with E-state index in [1.165, 1.54) is 28.9 Å². The lowest BCUT2D eigenvalue weighted by Crippen LogP contribution is -2.45. The number of benzene rings is 1. The maximum absolute atomic E-state index is 14.2. The highest BCUT2D eigenvalue weighted by molar-refractivity contribution is 7.14. The molecule has 1 aromatic heterocycles. The van der Waals surface area contributed by atoms with Gasteiger partial charge in [-0.1, -0.05) is 12.1 Å². The molecule has 1 saturated heterocycles. The summed E-state index contributed by atoms with van der Waals surface area (Å²) in [6, 6.07) is 5.94. The number of likely N-dealkylation sites (tertiary alicyclic amines) is 1. The number of thiazole rings is 1. The average Bonchev–Trinajstić information content (AvgIpc) is 3.20. The van der Waals surface area contributed by atoms with Crippen LogP contribution in [0.1, 0.15) is 46.2 Å². The number of para-hydroxylation sites is 1. The summed E-state index contributed by atoms with van der Waals surface area (Å²) in [7, 11) is 0. The van der Waals surface area contributed by atoms with Gasteiger partial charge in [-0.15, -0.1) is 11.3 Å². The summed E-state index contributed by atoms with van der Waals surface area (Å²) in [4.78, 5) is 44.1. The number of carbonyl (C=O) groups is 3. The molecule has 10 heteroatoms. The number of anilines is 2. The molecule has 0 radical (unpaired) electrons. The predicted molar refractivity (Wildman–Crippen MR) is 122 cm³/mol. The molecule has 3 rings (SSSR count). The highest BCUT2D eigenvalue weighted by Gasteiger charge is 2.32. The van der Waals surface area contributed by atoms with Crippen LogP contribution in [0.25, 0.3) is 0 Å². The first-order valence-corrected chi connectivity index (χ1v) is 11.6. The van der Waals surface area contributed by atoms with Crippen molar-refractivity contribution in [3.05, 3.63) is 41.2 Å². The third-order valence-electron chi connectivity index (χ3n) is 4.91. The number of piperidine rings is 1. The smallest absolute Gasteiger partial charge is 0.410 e. The Kier molecular flexibility index (Phi) is 7.68. The third-order valence-corrected chi connectivity index (χ3v) is 5.78. The van der Waals surface area contributed by atoms with Crippen LogP contribution in [0.4, 0.5) is 20.0 Å². The molecule has 1 aliphatic rings. The number of ether oxygens (including phenoxy) is 2. The molecule has 1 fully saturated rings. The Morgan fingerprint density at radius 2 is 2.00 bits per heavy atom. The summed E-state index contributed by atoms with van der Waals surface area (Å²) >= 11 is 1.15. The summed E-state index contributed by atoms with van der Waals surface area (Å²) in [6.07, 6.45) is 0.851. The van der Waals surface area contributed by atoms with Crippen LogP contribution < -0.4 is 4.90 Å². The van der Waals surface area contributed by atoms with Crippen LogP contribution in [0.5, 0.6) is 0 Å². The van der Waals surface area contributed by atoms with Gasteiger partial charge in [0.2, 0.25) is 5.91 Å². The average molecular weight is 478 g/mol. The maximum Gasteiger partial charge on any atom is 0.410 e. The SMILES string of the molecule is CC(=O)N(c1nc(COC(=O)[C@H]2CCCN(C(=O)OC(C)(C)C)C2)cs1)c1ccccc1F. The maximum atomic E-state index is 14.2. The fourth-order valence-electron chi connectivity index (χ4n) is 3.43. The standard InChI is InChI=1S/C23H28FN3O5S/c1-15(28)27(19-10-6-5-9-18(19)24)21-25-17(14-33-21)13-31-20(29)16-8-7-11-26(12-16)22(30)32-23(2,3)4/h5-6,9-10,14,16H,7-8,11-13H2,1-4H3/t16-/m0/s1. The van der Waals surface area contributed by atoms with Gasteiger partial charge in [0.15, 0.2) is 5.13 Å². The van der Waals surface area contributed by atoms with Gasteiger partial charge in [-0.2, -0.15) is 0 Å². The first kappa shape index (κ1) is 24.6. The van der Waals surface area contributed by atoms with E-state index in [1.54, 1.807) is 38.3 Å². The lowest BCUT2D eigenvalue weighted by Gasteiger charge is -2.33. The molecule has 0 spiro atoms. The molecule has 33 heavy (non-hydrogen) atoms. The first-order valence-electron chi connectivity index (χ1n) is 10.7. The number of hydrogen-bond donors (Lipinski definition) is 0. The molecule has 0 bridgehead atoms. The molecule has 0 unspecified atom stereocenters. The minimum Gasteiger partial charge on any atom is -0.459 e. The van der Waals surface area contributed by atoms with Crippen molar-refractivity contribution in [2.75, 3.05) is 18.0 Å². The zero-order valence-corrected chi connectivity index (χ0v) is 20.0. The Bertz CT molecular complexity index is 1020. The lowest BCUT2D eigenvalue weighted by molar-refractivity contribution is -0.151. The number of hydrogen-bond acceptors (Lipinski definition) is 7. The fraction of sp³-hybridized carbons (Fsp3) is 0.478. The van der Waals surface area contributed by atoms with E-state index in [0.29, 0.717) is 25.1 Å². The van der Waals surface area contributed by atoms with Crippen LogP contribution in [0, 0.1) is 11.7 Å². The van der Waals surface area contributed by atoms with Crippen LogP contribution in [-0.2, 0) is 25.7 Å². The van der Waals surface area contributed by atoms with Gasteiger partial charge in [0, 0.05) is 25.4 Å². The Morgan fingerprint density at radius 1 is 1.27 bits per heavy atom. The van der Waals surface area contributed by atoms with Crippen molar-refractivity contribution in [1.82, 2.24) is 9.88 Å². The van der Waals surface area contributed by atoms with Crippen LogP contribution in [0.3, 0.4) is 0 Å². The molecule has 2 amide bonds. The normalized spacial score (nSPS) is 16.3. The molecular weight excluding hydrogens is 449 g/mol. The zero-order valence-electron chi connectivity index (χ0n) is 19.2. The summed E-state index contributed by atoms with van der Waals surface area (Å²) in [5.74, 6) is -1.79. The van der Waals surface area contributed by atoms with Gasteiger partial charge in [0.05, 0.1) is 17.3 Å². The largest absolute Gasteiger partial charge is 0.459 e. The number of rotatable bonds is 5. The number of nitrogens with zero attached hydrogens (tertiary/aromatic N) is 3. The van der Waals surface area contributed by atoms with E-state index in [9.17, 15) is 18.8 Å². The van der Waals surface area contributed by atoms with Gasteiger partial charge in [-0.05, 0) is 45.7 Å². The molecule has 1 aliphatic heterocycles. The van der Waals surface area contributed by atoms with Crippen molar-refractivity contribution < 1.29 is 28.2 Å². The fourth-order valence-corrected chi connectivity index (χ4v) is 4.29. The van der Waals surface area contributed by atoms with Gasteiger partial charge in [0.1, 0.15) is 18.0 Å². The van der Waals surface area contributed by atoms with E-state index < -0.39 is 29.4 Å². The highest BCUT2D eigenvalue weighted by atomic mass is 32.1. The van der Waals surface area contributed by atoms with Crippen molar-refractivity contribution in [3.8, 4) is 0 Å². The molecule has 1 atom stereocenters. The number of esters is 1. The van der Waals surface area contributed by atoms with Gasteiger partial charge in [-0.3, -0.25) is 14.5 Å². The van der Waals surface area contributed by atoms with E-state index in [1.807, 2.05) is 0 Å². The minimum absolute atomic E-state index is 0.0821. The van der Waals surface area contributed by atoms with Crippen molar-refractivity contribution >= 4 is 40.1 Å². The predicted octanol–water partition coefficient (Wildman–Crippen LogP) is 4.66. The lowest BCUT2D eigenvalue weighted by atomic mass is 9.98.